The molecule has 1 rings (SSSR count). The number of aliphatic hydroxyl groups excluding tert-OH is 1. The fourth-order valence-corrected chi connectivity index (χ4v) is 0.838. The Morgan fingerprint density at radius 2 is 2.56 bits per heavy atom. The van der Waals surface area contributed by atoms with Gasteiger partial charge in [0.2, 0.25) is 5.91 Å². The van der Waals surface area contributed by atoms with Crippen LogP contribution in [0.5, 0.6) is 0 Å². The summed E-state index contributed by atoms with van der Waals surface area (Å²) in [6, 6.07) is 0.127. The number of amides is 1. The lowest BCUT2D eigenvalue weighted by molar-refractivity contribution is -0.119. The van der Waals surface area contributed by atoms with Gasteiger partial charge in [-0.1, -0.05) is 0 Å². The fraction of sp³-hybridized carbons (Fsp3) is 0.800. The first-order chi connectivity index (χ1) is 4.33. The summed E-state index contributed by atoms with van der Waals surface area (Å²) in [5, 5.41) is 8.43. The van der Waals surface area contributed by atoms with Crippen molar-refractivity contribution in [3.05, 3.63) is 0 Å². The molecule has 0 radical (unpaired) electrons. The van der Waals surface area contributed by atoms with Crippen LogP contribution in [-0.2, 0) is 4.79 Å². The Balaban J connectivity index is 2.22. The minimum atomic E-state index is 0.00782. The Bertz CT molecular complexity index is 116. The molecule has 0 spiro atoms. The third kappa shape index (κ3) is 1.65. The Hall–Kier alpha value is -0.610. The van der Waals surface area contributed by atoms with Crippen LogP contribution in [-0.4, -0.2) is 23.7 Å². The fourth-order valence-electron chi connectivity index (χ4n) is 0.838. The van der Waals surface area contributed by atoms with Crippen LogP contribution in [0.1, 0.15) is 12.8 Å². The van der Waals surface area contributed by atoms with Crippen LogP contribution < -0.4 is 10.9 Å². The van der Waals surface area contributed by atoms with Crippen LogP contribution in [0.25, 0.3) is 0 Å². The molecule has 0 aromatic carbocycles. The topological polar surface area (TPSA) is 61.4 Å². The predicted octanol–water partition coefficient (Wildman–Crippen LogP) is -1.24. The lowest BCUT2D eigenvalue weighted by Gasteiger charge is -2.02. The molecule has 1 aliphatic heterocycles. The molecule has 4 heteroatoms. The first kappa shape index (κ1) is 6.51. The quantitative estimate of drug-likeness (QED) is 0.438. The van der Waals surface area contributed by atoms with Crippen LogP contribution in [0.2, 0.25) is 0 Å². The van der Waals surface area contributed by atoms with E-state index < -0.39 is 0 Å². The van der Waals surface area contributed by atoms with Gasteiger partial charge in [0.05, 0.1) is 0 Å². The number of rotatable bonds is 2. The number of hydrogen-bond donors (Lipinski definition) is 3. The summed E-state index contributed by atoms with van der Waals surface area (Å²) in [4.78, 5) is 10.5. The lowest BCUT2D eigenvalue weighted by atomic mass is 10.2. The molecule has 0 unspecified atom stereocenters. The second kappa shape index (κ2) is 2.80. The molecular formula is C5H10N2O2. The highest BCUT2D eigenvalue weighted by atomic mass is 16.3. The van der Waals surface area contributed by atoms with Crippen molar-refractivity contribution >= 4 is 5.91 Å². The molecule has 0 aliphatic carbocycles. The molecule has 1 aliphatic rings. The third-order valence-electron chi connectivity index (χ3n) is 1.33. The summed E-state index contributed by atoms with van der Waals surface area (Å²) in [6.45, 7) is 0.132. The molecule has 1 heterocycles. The zero-order valence-corrected chi connectivity index (χ0v) is 5.05. The van der Waals surface area contributed by atoms with Crippen LogP contribution in [0.4, 0.5) is 0 Å². The molecule has 52 valence electrons. The summed E-state index contributed by atoms with van der Waals surface area (Å²) in [6.07, 6.45) is 1.12. The van der Waals surface area contributed by atoms with Crippen molar-refractivity contribution in [2.45, 2.75) is 18.9 Å². The van der Waals surface area contributed by atoms with Gasteiger partial charge in [-0.05, 0) is 6.42 Å². The molecule has 1 fully saturated rings. The molecule has 0 bridgehead atoms. The molecule has 1 amide bonds. The van der Waals surface area contributed by atoms with Crippen LogP contribution >= 0.6 is 0 Å². The van der Waals surface area contributed by atoms with Gasteiger partial charge in [0.15, 0.2) is 0 Å². The zero-order chi connectivity index (χ0) is 6.69. The molecule has 1 atom stereocenters. The molecule has 9 heavy (non-hydrogen) atoms. The standard InChI is InChI=1S/C5H10N2O2/c8-2-1-4-3-5(9)7-6-4/h4,6,8H,1-3H2,(H,7,9)/t4-/m1/s1. The zero-order valence-electron chi connectivity index (χ0n) is 5.05. The number of aliphatic hydroxyl groups is 1. The summed E-state index contributed by atoms with van der Waals surface area (Å²) < 4.78 is 0. The monoisotopic (exact) mass is 130 g/mol. The van der Waals surface area contributed by atoms with Gasteiger partial charge >= 0.3 is 0 Å². The van der Waals surface area contributed by atoms with Gasteiger partial charge in [0.1, 0.15) is 0 Å². The van der Waals surface area contributed by atoms with Crippen LogP contribution in [0, 0.1) is 0 Å². The first-order valence-electron chi connectivity index (χ1n) is 2.98. The van der Waals surface area contributed by atoms with Gasteiger partial charge in [-0.15, -0.1) is 0 Å². The van der Waals surface area contributed by atoms with Crippen molar-refractivity contribution in [2.75, 3.05) is 6.61 Å². The van der Waals surface area contributed by atoms with Gasteiger partial charge < -0.3 is 5.11 Å². The molecule has 0 saturated carbocycles. The summed E-state index contributed by atoms with van der Waals surface area (Å²) in [5.41, 5.74) is 5.20. The Labute approximate surface area is 53.2 Å². The number of carbonyl (C=O) groups excluding carboxylic acids is 1. The SMILES string of the molecule is O=C1C[C@@H](CCO)NN1. The van der Waals surface area contributed by atoms with Crippen molar-refractivity contribution in [3.63, 3.8) is 0 Å². The van der Waals surface area contributed by atoms with E-state index in [2.05, 4.69) is 10.9 Å². The number of hydrogen-bond acceptors (Lipinski definition) is 3. The molecule has 1 saturated heterocycles. The van der Waals surface area contributed by atoms with E-state index >= 15 is 0 Å². The average molecular weight is 130 g/mol. The number of nitrogens with one attached hydrogen (secondary N) is 2. The van der Waals surface area contributed by atoms with E-state index in [4.69, 9.17) is 5.11 Å². The molecule has 0 aromatic rings. The van der Waals surface area contributed by atoms with Gasteiger partial charge in [-0.25, -0.2) is 5.43 Å². The minimum Gasteiger partial charge on any atom is -0.396 e. The van der Waals surface area contributed by atoms with E-state index in [9.17, 15) is 4.79 Å². The molecule has 3 N–H and O–H groups in total. The normalized spacial score (nSPS) is 26.3. The maximum absolute atomic E-state index is 10.5. The predicted molar refractivity (Wildman–Crippen MR) is 31.4 cm³/mol. The Morgan fingerprint density at radius 3 is 3.00 bits per heavy atom. The maximum Gasteiger partial charge on any atom is 0.235 e. The Morgan fingerprint density at radius 1 is 1.78 bits per heavy atom. The number of carbonyl (C=O) groups is 1. The second-order valence-corrected chi connectivity index (χ2v) is 2.11. The molecule has 0 aromatic heterocycles. The van der Waals surface area contributed by atoms with Crippen LogP contribution in [0.3, 0.4) is 0 Å². The maximum atomic E-state index is 10.5. The summed E-state index contributed by atoms with van der Waals surface area (Å²) in [7, 11) is 0. The van der Waals surface area contributed by atoms with E-state index in [1.807, 2.05) is 0 Å². The van der Waals surface area contributed by atoms with E-state index in [1.54, 1.807) is 0 Å². The second-order valence-electron chi connectivity index (χ2n) is 2.11. The van der Waals surface area contributed by atoms with Crippen molar-refractivity contribution in [1.29, 1.82) is 0 Å². The van der Waals surface area contributed by atoms with Crippen molar-refractivity contribution < 1.29 is 9.90 Å². The highest BCUT2D eigenvalue weighted by molar-refractivity contribution is 5.77. The highest BCUT2D eigenvalue weighted by Crippen LogP contribution is 2.00. The summed E-state index contributed by atoms with van der Waals surface area (Å²) in [5.74, 6) is 0.00782. The van der Waals surface area contributed by atoms with Crippen molar-refractivity contribution in [1.82, 2.24) is 10.9 Å². The summed E-state index contributed by atoms with van der Waals surface area (Å²) >= 11 is 0. The Kier molecular flexibility index (Phi) is 2.02. The van der Waals surface area contributed by atoms with Gasteiger partial charge in [-0.2, -0.15) is 0 Å². The van der Waals surface area contributed by atoms with E-state index in [0.29, 0.717) is 12.8 Å². The average Bonchev–Trinajstić information content (AvgIpc) is 2.17. The highest BCUT2D eigenvalue weighted by Gasteiger charge is 2.19. The van der Waals surface area contributed by atoms with E-state index in [0.717, 1.165) is 0 Å². The lowest BCUT2D eigenvalue weighted by Crippen LogP contribution is -2.31. The largest absolute Gasteiger partial charge is 0.396 e. The van der Waals surface area contributed by atoms with E-state index in [-0.39, 0.29) is 18.6 Å². The molecular weight excluding hydrogens is 120 g/mol. The van der Waals surface area contributed by atoms with Crippen molar-refractivity contribution in [2.24, 2.45) is 0 Å². The van der Waals surface area contributed by atoms with Crippen LogP contribution in [0.15, 0.2) is 0 Å². The smallest absolute Gasteiger partial charge is 0.235 e. The van der Waals surface area contributed by atoms with E-state index in [1.165, 1.54) is 0 Å². The minimum absolute atomic E-state index is 0.00782. The van der Waals surface area contributed by atoms with Crippen molar-refractivity contribution in [3.8, 4) is 0 Å². The first-order valence-corrected chi connectivity index (χ1v) is 2.98. The van der Waals surface area contributed by atoms with Gasteiger partial charge in [0, 0.05) is 19.1 Å². The third-order valence-corrected chi connectivity index (χ3v) is 1.33. The van der Waals surface area contributed by atoms with Gasteiger partial charge in [0.25, 0.3) is 0 Å². The number of hydrazine groups is 1. The van der Waals surface area contributed by atoms with Gasteiger partial charge in [-0.3, -0.25) is 10.2 Å². The molecule has 4 nitrogen and oxygen atoms in total.